The molecule has 3 rings (SSSR count). The normalized spacial score (nSPS) is 12.0. The maximum atomic E-state index is 12.6. The number of nitrogens with zero attached hydrogens (tertiary/aromatic N) is 4. The second-order valence-electron chi connectivity index (χ2n) is 6.21. The third-order valence-electron chi connectivity index (χ3n) is 4.02. The van der Waals surface area contributed by atoms with Gasteiger partial charge in [0.2, 0.25) is 0 Å². The lowest BCUT2D eigenvalue weighted by atomic mass is 10.0. The fourth-order valence-corrected chi connectivity index (χ4v) is 2.87. The molecule has 1 atom stereocenters. The monoisotopic (exact) mass is 335 g/mol. The molecule has 2 aromatic heterocycles. The molecule has 3 aromatic rings. The first-order chi connectivity index (χ1) is 11.9. The summed E-state index contributed by atoms with van der Waals surface area (Å²) in [7, 11) is 1.85. The first kappa shape index (κ1) is 16.8. The van der Waals surface area contributed by atoms with Gasteiger partial charge in [0.15, 0.2) is 5.82 Å². The molecule has 0 fully saturated rings. The molecule has 0 bridgehead atoms. The molecule has 0 spiro atoms. The minimum atomic E-state index is -0.228. The Balaban J connectivity index is 1.83. The highest BCUT2D eigenvalue weighted by atomic mass is 16.1. The van der Waals surface area contributed by atoms with Crippen LogP contribution in [0.4, 0.5) is 0 Å². The summed E-state index contributed by atoms with van der Waals surface area (Å²) in [5, 5.41) is 10.9. The Morgan fingerprint density at radius 1 is 1.12 bits per heavy atom. The lowest BCUT2D eigenvalue weighted by Gasteiger charge is -2.13. The van der Waals surface area contributed by atoms with E-state index in [4.69, 9.17) is 0 Å². The molecule has 6 nitrogen and oxygen atoms in total. The minimum absolute atomic E-state index is 0.139. The van der Waals surface area contributed by atoms with Crippen LogP contribution in [-0.2, 0) is 7.05 Å². The van der Waals surface area contributed by atoms with Gasteiger partial charge in [-0.05, 0) is 56.2 Å². The summed E-state index contributed by atoms with van der Waals surface area (Å²) >= 11 is 0. The first-order valence-electron chi connectivity index (χ1n) is 8.14. The zero-order chi connectivity index (χ0) is 18.0. The number of carbonyl (C=O) groups is 1. The van der Waals surface area contributed by atoms with Crippen molar-refractivity contribution in [3.05, 3.63) is 65.5 Å². The average molecular weight is 335 g/mol. The van der Waals surface area contributed by atoms with Gasteiger partial charge in [0.05, 0.1) is 6.04 Å². The highest BCUT2D eigenvalue weighted by Gasteiger charge is 2.16. The predicted molar refractivity (Wildman–Crippen MR) is 96.0 cm³/mol. The Kier molecular flexibility index (Phi) is 4.61. The Morgan fingerprint density at radius 3 is 2.48 bits per heavy atom. The smallest absolute Gasteiger partial charge is 0.251 e. The number of benzene rings is 1. The second kappa shape index (κ2) is 6.84. The number of pyridine rings is 1. The number of rotatable bonds is 4. The van der Waals surface area contributed by atoms with Gasteiger partial charge in [-0.3, -0.25) is 9.78 Å². The van der Waals surface area contributed by atoms with Gasteiger partial charge < -0.3 is 9.88 Å². The van der Waals surface area contributed by atoms with Crippen LogP contribution in [-0.4, -0.2) is 25.7 Å². The molecule has 1 aromatic carbocycles. The van der Waals surface area contributed by atoms with Gasteiger partial charge in [0.25, 0.3) is 5.91 Å². The zero-order valence-corrected chi connectivity index (χ0v) is 14.8. The number of carbonyl (C=O) groups excluding carboxylic acids is 1. The topological polar surface area (TPSA) is 72.7 Å². The molecule has 1 amide bonds. The fourth-order valence-electron chi connectivity index (χ4n) is 2.87. The molecule has 0 saturated heterocycles. The SMILES string of the molecule is Cc1cc(-c2cccc(C(=O)N[C@@H](C)c3nncn3C)c2)cc(C)n1. The molecule has 128 valence electrons. The van der Waals surface area contributed by atoms with Crippen LogP contribution >= 0.6 is 0 Å². The van der Waals surface area contributed by atoms with Crippen molar-refractivity contribution in [2.75, 3.05) is 0 Å². The molecule has 0 radical (unpaired) electrons. The van der Waals surface area contributed by atoms with Crippen molar-refractivity contribution >= 4 is 5.91 Å². The lowest BCUT2D eigenvalue weighted by Crippen LogP contribution is -2.28. The minimum Gasteiger partial charge on any atom is -0.342 e. The molecule has 2 heterocycles. The standard InChI is InChI=1S/C19H21N5O/c1-12-8-17(9-13(2)21-12)15-6-5-7-16(10-15)19(25)22-14(3)18-23-20-11-24(18)4/h5-11,14H,1-4H3,(H,22,25)/t14-/m0/s1. The van der Waals surface area contributed by atoms with E-state index in [1.807, 2.05) is 64.2 Å². The Hall–Kier alpha value is -3.02. The number of amides is 1. The lowest BCUT2D eigenvalue weighted by molar-refractivity contribution is 0.0938. The summed E-state index contributed by atoms with van der Waals surface area (Å²) in [6, 6.07) is 11.4. The summed E-state index contributed by atoms with van der Waals surface area (Å²) in [5.41, 5.74) is 4.58. The van der Waals surface area contributed by atoms with E-state index >= 15 is 0 Å². The summed E-state index contributed by atoms with van der Waals surface area (Å²) < 4.78 is 1.80. The van der Waals surface area contributed by atoms with E-state index in [9.17, 15) is 4.79 Å². The summed E-state index contributed by atoms with van der Waals surface area (Å²) in [6.45, 7) is 5.83. The van der Waals surface area contributed by atoms with Crippen molar-refractivity contribution in [1.29, 1.82) is 0 Å². The van der Waals surface area contributed by atoms with E-state index in [-0.39, 0.29) is 11.9 Å². The molecule has 25 heavy (non-hydrogen) atoms. The molecular formula is C19H21N5O. The first-order valence-corrected chi connectivity index (χ1v) is 8.14. The number of hydrogen-bond acceptors (Lipinski definition) is 4. The van der Waals surface area contributed by atoms with Crippen molar-refractivity contribution in [2.45, 2.75) is 26.8 Å². The molecular weight excluding hydrogens is 314 g/mol. The fraction of sp³-hybridized carbons (Fsp3) is 0.263. The highest BCUT2D eigenvalue weighted by molar-refractivity contribution is 5.95. The van der Waals surface area contributed by atoms with Gasteiger partial charge in [0.1, 0.15) is 6.33 Å². The largest absolute Gasteiger partial charge is 0.342 e. The molecule has 0 unspecified atom stereocenters. The number of hydrogen-bond donors (Lipinski definition) is 1. The molecule has 0 aliphatic rings. The van der Waals surface area contributed by atoms with Gasteiger partial charge in [-0.15, -0.1) is 10.2 Å². The third-order valence-corrected chi connectivity index (χ3v) is 4.02. The average Bonchev–Trinajstić information content (AvgIpc) is 3.00. The Bertz CT molecular complexity index is 895. The van der Waals surface area contributed by atoms with E-state index in [0.29, 0.717) is 11.4 Å². The predicted octanol–water partition coefficient (Wildman–Crippen LogP) is 2.98. The van der Waals surface area contributed by atoms with E-state index in [2.05, 4.69) is 20.5 Å². The maximum Gasteiger partial charge on any atom is 0.251 e. The van der Waals surface area contributed by atoms with E-state index in [1.165, 1.54) is 0 Å². The maximum absolute atomic E-state index is 12.6. The number of nitrogens with one attached hydrogen (secondary N) is 1. The van der Waals surface area contributed by atoms with Crippen molar-refractivity contribution in [1.82, 2.24) is 25.1 Å². The van der Waals surface area contributed by atoms with Crippen molar-refractivity contribution in [2.24, 2.45) is 7.05 Å². The van der Waals surface area contributed by atoms with E-state index in [0.717, 1.165) is 22.5 Å². The van der Waals surface area contributed by atoms with Crippen molar-refractivity contribution in [3.8, 4) is 11.1 Å². The number of aromatic nitrogens is 4. The van der Waals surface area contributed by atoms with Crippen molar-refractivity contribution in [3.63, 3.8) is 0 Å². The highest BCUT2D eigenvalue weighted by Crippen LogP contribution is 2.22. The van der Waals surface area contributed by atoms with Gasteiger partial charge in [0, 0.05) is 24.0 Å². The Morgan fingerprint density at radius 2 is 1.84 bits per heavy atom. The van der Waals surface area contributed by atoms with E-state index < -0.39 is 0 Å². The quantitative estimate of drug-likeness (QED) is 0.795. The summed E-state index contributed by atoms with van der Waals surface area (Å²) in [5.74, 6) is 0.574. The number of aryl methyl sites for hydroxylation is 3. The van der Waals surface area contributed by atoms with Gasteiger partial charge in [-0.1, -0.05) is 12.1 Å². The molecule has 0 saturated carbocycles. The summed E-state index contributed by atoms with van der Waals surface area (Å²) in [4.78, 5) is 17.0. The van der Waals surface area contributed by atoms with Gasteiger partial charge in [-0.2, -0.15) is 0 Å². The zero-order valence-electron chi connectivity index (χ0n) is 14.8. The van der Waals surface area contributed by atoms with Crippen LogP contribution in [0.1, 0.15) is 40.5 Å². The van der Waals surface area contributed by atoms with Gasteiger partial charge in [-0.25, -0.2) is 0 Å². The Labute approximate surface area is 146 Å². The molecule has 0 aliphatic carbocycles. The molecule has 6 heteroatoms. The van der Waals surface area contributed by atoms with E-state index in [1.54, 1.807) is 10.9 Å². The van der Waals surface area contributed by atoms with Gasteiger partial charge >= 0.3 is 0 Å². The van der Waals surface area contributed by atoms with Crippen LogP contribution in [0.25, 0.3) is 11.1 Å². The van der Waals surface area contributed by atoms with Crippen LogP contribution in [0.3, 0.4) is 0 Å². The van der Waals surface area contributed by atoms with Crippen LogP contribution in [0.15, 0.2) is 42.7 Å². The van der Waals surface area contributed by atoms with Crippen LogP contribution < -0.4 is 5.32 Å². The molecule has 0 aliphatic heterocycles. The second-order valence-corrected chi connectivity index (χ2v) is 6.21. The third kappa shape index (κ3) is 3.74. The van der Waals surface area contributed by atoms with Crippen molar-refractivity contribution < 1.29 is 4.79 Å². The van der Waals surface area contributed by atoms with Crippen LogP contribution in [0.2, 0.25) is 0 Å². The van der Waals surface area contributed by atoms with Crippen LogP contribution in [0, 0.1) is 13.8 Å². The molecule has 1 N–H and O–H groups in total. The summed E-state index contributed by atoms with van der Waals surface area (Å²) in [6.07, 6.45) is 1.62. The van der Waals surface area contributed by atoms with Crippen LogP contribution in [0.5, 0.6) is 0 Å².